The number of alkyl halides is 3. The Kier molecular flexibility index (Phi) is 3.77. The largest absolute Gasteiger partial charge is 0.455 e. The highest BCUT2D eigenvalue weighted by molar-refractivity contribution is 7.71. The van der Waals surface area contributed by atoms with Gasteiger partial charge in [0.25, 0.3) is 0 Å². The quantitative estimate of drug-likeness (QED) is 0.834. The van der Waals surface area contributed by atoms with Crippen molar-refractivity contribution in [3.8, 4) is 17.6 Å². The fourth-order valence-corrected chi connectivity index (χ4v) is 1.77. The van der Waals surface area contributed by atoms with Gasteiger partial charge in [-0.2, -0.15) is 18.4 Å². The number of nitrogens with zero attached hydrogens (tertiary/aromatic N) is 1. The first-order valence-electron chi connectivity index (χ1n) is 5.39. The summed E-state index contributed by atoms with van der Waals surface area (Å²) >= 11 is 4.88. The van der Waals surface area contributed by atoms with Crippen LogP contribution in [0.5, 0.6) is 11.5 Å². The van der Waals surface area contributed by atoms with Gasteiger partial charge in [0.2, 0.25) is 0 Å². The molecule has 3 nitrogen and oxygen atoms in total. The summed E-state index contributed by atoms with van der Waals surface area (Å²) in [5.41, 5.74) is -0.929. The molecule has 0 spiro atoms. The summed E-state index contributed by atoms with van der Waals surface area (Å²) in [7, 11) is 0. The molecule has 1 heterocycles. The molecule has 0 aliphatic heterocycles. The summed E-state index contributed by atoms with van der Waals surface area (Å²) in [6, 6.07) is 7.92. The lowest BCUT2D eigenvalue weighted by Gasteiger charge is -2.13. The molecule has 0 radical (unpaired) electrons. The number of halogens is 3. The number of aromatic nitrogens is 1. The molecule has 2 aromatic rings. The van der Waals surface area contributed by atoms with E-state index in [4.69, 9.17) is 22.2 Å². The van der Waals surface area contributed by atoms with Crippen molar-refractivity contribution in [3.05, 3.63) is 52.3 Å². The van der Waals surface area contributed by atoms with Gasteiger partial charge in [0, 0.05) is 6.20 Å². The predicted molar refractivity (Wildman–Crippen MR) is 67.9 cm³/mol. The maximum absolute atomic E-state index is 12.8. The van der Waals surface area contributed by atoms with Crippen molar-refractivity contribution in [1.82, 2.24) is 4.98 Å². The zero-order valence-corrected chi connectivity index (χ0v) is 10.7. The summed E-state index contributed by atoms with van der Waals surface area (Å²) in [5, 5.41) is 8.97. The van der Waals surface area contributed by atoms with Gasteiger partial charge in [0.15, 0.2) is 0 Å². The molecular weight excluding hydrogens is 289 g/mol. The Balaban J connectivity index is 2.50. The van der Waals surface area contributed by atoms with E-state index in [1.165, 1.54) is 30.5 Å². The van der Waals surface area contributed by atoms with Crippen molar-refractivity contribution in [2.24, 2.45) is 0 Å². The summed E-state index contributed by atoms with van der Waals surface area (Å²) in [4.78, 5) is 2.61. The molecule has 0 bridgehead atoms. The molecule has 1 aromatic carbocycles. The van der Waals surface area contributed by atoms with E-state index >= 15 is 0 Å². The van der Waals surface area contributed by atoms with Crippen LogP contribution in [-0.4, -0.2) is 4.98 Å². The van der Waals surface area contributed by atoms with Gasteiger partial charge in [-0.1, -0.05) is 24.4 Å². The average molecular weight is 296 g/mol. The smallest absolute Gasteiger partial charge is 0.419 e. The highest BCUT2D eigenvalue weighted by atomic mass is 32.1. The maximum atomic E-state index is 12.8. The summed E-state index contributed by atoms with van der Waals surface area (Å²) in [6.45, 7) is 0. The lowest BCUT2D eigenvalue weighted by Crippen LogP contribution is -2.07. The molecule has 0 saturated carbocycles. The third-order valence-corrected chi connectivity index (χ3v) is 2.77. The Hall–Kier alpha value is -2.33. The second-order valence-electron chi connectivity index (χ2n) is 3.75. The van der Waals surface area contributed by atoms with E-state index in [1.807, 2.05) is 0 Å². The minimum Gasteiger partial charge on any atom is -0.455 e. The van der Waals surface area contributed by atoms with Crippen LogP contribution in [0.3, 0.4) is 0 Å². The Morgan fingerprint density at radius 1 is 1.15 bits per heavy atom. The van der Waals surface area contributed by atoms with Crippen molar-refractivity contribution < 1.29 is 17.9 Å². The van der Waals surface area contributed by atoms with Gasteiger partial charge >= 0.3 is 6.18 Å². The van der Waals surface area contributed by atoms with E-state index in [0.29, 0.717) is 0 Å². The predicted octanol–water partition coefficient (Wildman–Crippen LogP) is 4.43. The number of pyridine rings is 1. The monoisotopic (exact) mass is 296 g/mol. The number of ether oxygens (including phenoxy) is 1. The molecular formula is C13H7F3N2OS. The van der Waals surface area contributed by atoms with Crippen LogP contribution >= 0.6 is 12.2 Å². The molecule has 0 fully saturated rings. The van der Waals surface area contributed by atoms with E-state index in [0.717, 1.165) is 6.07 Å². The number of hydrogen-bond acceptors (Lipinski definition) is 3. The Morgan fingerprint density at radius 3 is 2.50 bits per heavy atom. The van der Waals surface area contributed by atoms with Gasteiger partial charge in [0.1, 0.15) is 27.8 Å². The number of para-hydroxylation sites is 1. The van der Waals surface area contributed by atoms with Gasteiger partial charge in [-0.25, -0.2) is 0 Å². The van der Waals surface area contributed by atoms with Crippen LogP contribution in [0.4, 0.5) is 13.2 Å². The van der Waals surface area contributed by atoms with Crippen LogP contribution in [0.25, 0.3) is 0 Å². The van der Waals surface area contributed by atoms with E-state index in [2.05, 4.69) is 4.98 Å². The SMILES string of the molecule is N#Cc1c(Oc2ccccc2C(F)(F)F)cc[nH]c1=S. The van der Waals surface area contributed by atoms with Crippen molar-refractivity contribution in [3.63, 3.8) is 0 Å². The topological polar surface area (TPSA) is 48.8 Å². The lowest BCUT2D eigenvalue weighted by molar-refractivity contribution is -0.138. The van der Waals surface area contributed by atoms with Gasteiger partial charge in [-0.3, -0.25) is 0 Å². The maximum Gasteiger partial charge on any atom is 0.419 e. The van der Waals surface area contributed by atoms with Crippen LogP contribution in [0.2, 0.25) is 0 Å². The molecule has 0 aliphatic carbocycles. The molecule has 0 aliphatic rings. The van der Waals surface area contributed by atoms with Crippen LogP contribution in [0.1, 0.15) is 11.1 Å². The summed E-state index contributed by atoms with van der Waals surface area (Å²) in [5.74, 6) is -0.398. The van der Waals surface area contributed by atoms with E-state index in [9.17, 15) is 13.2 Å². The van der Waals surface area contributed by atoms with E-state index < -0.39 is 11.7 Å². The number of nitriles is 1. The van der Waals surface area contributed by atoms with Crippen molar-refractivity contribution in [2.75, 3.05) is 0 Å². The first-order chi connectivity index (χ1) is 9.43. The average Bonchev–Trinajstić information content (AvgIpc) is 2.38. The van der Waals surface area contributed by atoms with Gasteiger partial charge in [0.05, 0.1) is 5.56 Å². The third kappa shape index (κ3) is 2.81. The highest BCUT2D eigenvalue weighted by Gasteiger charge is 2.34. The molecule has 1 N–H and O–H groups in total. The molecule has 20 heavy (non-hydrogen) atoms. The Bertz CT molecular complexity index is 731. The van der Waals surface area contributed by atoms with Gasteiger partial charge in [-0.05, 0) is 18.2 Å². The van der Waals surface area contributed by atoms with E-state index in [1.54, 1.807) is 6.07 Å². The number of nitrogens with one attached hydrogen (secondary N) is 1. The Morgan fingerprint density at radius 2 is 1.85 bits per heavy atom. The zero-order chi connectivity index (χ0) is 14.8. The minimum absolute atomic E-state index is 0.0144. The molecule has 0 unspecified atom stereocenters. The fourth-order valence-electron chi connectivity index (χ4n) is 1.56. The van der Waals surface area contributed by atoms with E-state index in [-0.39, 0.29) is 21.7 Å². The normalized spacial score (nSPS) is 10.9. The number of H-pyrrole nitrogens is 1. The van der Waals surface area contributed by atoms with Crippen molar-refractivity contribution >= 4 is 12.2 Å². The van der Waals surface area contributed by atoms with Crippen LogP contribution in [0.15, 0.2) is 36.5 Å². The first kappa shape index (κ1) is 14.1. The first-order valence-corrected chi connectivity index (χ1v) is 5.80. The second kappa shape index (κ2) is 5.35. The number of aromatic amines is 1. The van der Waals surface area contributed by atoms with Crippen LogP contribution < -0.4 is 4.74 Å². The Labute approximate surface area is 117 Å². The van der Waals surface area contributed by atoms with Gasteiger partial charge < -0.3 is 9.72 Å². The zero-order valence-electron chi connectivity index (χ0n) is 9.86. The number of hydrogen-bond donors (Lipinski definition) is 1. The third-order valence-electron chi connectivity index (χ3n) is 2.45. The van der Waals surface area contributed by atoms with Crippen LogP contribution in [0, 0.1) is 16.0 Å². The molecule has 0 amide bonds. The number of benzene rings is 1. The minimum atomic E-state index is -4.54. The molecule has 1 aromatic heterocycles. The molecule has 7 heteroatoms. The summed E-state index contributed by atoms with van der Waals surface area (Å²) in [6.07, 6.45) is -3.14. The summed E-state index contributed by atoms with van der Waals surface area (Å²) < 4.78 is 43.8. The second-order valence-corrected chi connectivity index (χ2v) is 4.16. The highest BCUT2D eigenvalue weighted by Crippen LogP contribution is 2.38. The molecule has 0 saturated heterocycles. The molecule has 2 rings (SSSR count). The fraction of sp³-hybridized carbons (Fsp3) is 0.0769. The van der Waals surface area contributed by atoms with Crippen molar-refractivity contribution in [1.29, 1.82) is 5.26 Å². The number of rotatable bonds is 2. The lowest BCUT2D eigenvalue weighted by atomic mass is 10.2. The van der Waals surface area contributed by atoms with Crippen molar-refractivity contribution in [2.45, 2.75) is 6.18 Å². The standard InChI is InChI=1S/C13H7F3N2OS/c14-13(15,16)9-3-1-2-4-11(9)19-10-5-6-18-12(20)8(10)7-17/h1-6H,(H,18,20). The molecule has 0 atom stereocenters. The van der Waals surface area contributed by atoms with Gasteiger partial charge in [-0.15, -0.1) is 0 Å². The molecule has 102 valence electrons. The van der Waals surface area contributed by atoms with Crippen LogP contribution in [-0.2, 0) is 6.18 Å².